The molecule has 1 amide bonds. The lowest BCUT2D eigenvalue weighted by Gasteiger charge is -2.01. The minimum Gasteiger partial charge on any atom is -0.465 e. The van der Waals surface area contributed by atoms with Crippen LogP contribution in [0.1, 0.15) is 16.7 Å². The Morgan fingerprint density at radius 2 is 1.80 bits per heavy atom. The van der Waals surface area contributed by atoms with Gasteiger partial charge in [-0.15, -0.1) is 0 Å². The molecule has 2 aromatic rings. The molecule has 0 spiro atoms. The number of pyridine rings is 1. The van der Waals surface area contributed by atoms with E-state index in [0.29, 0.717) is 0 Å². The number of rotatable bonds is 4. The predicted molar refractivity (Wildman–Crippen MR) is 74.4 cm³/mol. The predicted octanol–water partition coefficient (Wildman–Crippen LogP) is 3.16. The maximum Gasteiger partial charge on any atom is 0.404 e. The van der Waals surface area contributed by atoms with Crippen LogP contribution in [-0.2, 0) is 6.54 Å². The van der Waals surface area contributed by atoms with E-state index in [9.17, 15) is 9.18 Å². The molecule has 0 atom stereocenters. The van der Waals surface area contributed by atoms with Gasteiger partial charge >= 0.3 is 6.09 Å². The lowest BCUT2D eigenvalue weighted by atomic mass is 10.1. The van der Waals surface area contributed by atoms with E-state index in [1.807, 2.05) is 36.4 Å². The molecule has 5 heteroatoms. The van der Waals surface area contributed by atoms with Gasteiger partial charge in [0.2, 0.25) is 5.95 Å². The van der Waals surface area contributed by atoms with Gasteiger partial charge in [0.05, 0.1) is 0 Å². The largest absolute Gasteiger partial charge is 0.465 e. The number of hydrogen-bond acceptors (Lipinski definition) is 2. The number of nitrogens with one attached hydrogen (secondary N) is 1. The molecule has 20 heavy (non-hydrogen) atoms. The first-order valence-electron chi connectivity index (χ1n) is 5.99. The van der Waals surface area contributed by atoms with E-state index in [4.69, 9.17) is 5.11 Å². The van der Waals surface area contributed by atoms with Crippen LogP contribution in [0.5, 0.6) is 0 Å². The average Bonchev–Trinajstić information content (AvgIpc) is 2.45. The van der Waals surface area contributed by atoms with Crippen molar-refractivity contribution in [1.29, 1.82) is 0 Å². The molecule has 4 nitrogen and oxygen atoms in total. The second kappa shape index (κ2) is 6.47. The molecule has 0 radical (unpaired) electrons. The van der Waals surface area contributed by atoms with Gasteiger partial charge in [0, 0.05) is 12.7 Å². The van der Waals surface area contributed by atoms with Crippen molar-refractivity contribution in [3.8, 4) is 0 Å². The zero-order chi connectivity index (χ0) is 14.4. The summed E-state index contributed by atoms with van der Waals surface area (Å²) in [4.78, 5) is 13.9. The first-order valence-corrected chi connectivity index (χ1v) is 5.99. The minimum atomic E-state index is -1.04. The van der Waals surface area contributed by atoms with Gasteiger partial charge in [-0.3, -0.25) is 0 Å². The highest BCUT2D eigenvalue weighted by molar-refractivity contribution is 5.69. The third-order valence-corrected chi connectivity index (χ3v) is 2.64. The number of nitrogens with zero attached hydrogens (tertiary/aromatic N) is 1. The lowest BCUT2D eigenvalue weighted by molar-refractivity contribution is 0.194. The van der Waals surface area contributed by atoms with Crippen LogP contribution < -0.4 is 5.32 Å². The lowest BCUT2D eigenvalue weighted by Crippen LogP contribution is -2.19. The fourth-order valence-electron chi connectivity index (χ4n) is 1.60. The van der Waals surface area contributed by atoms with Gasteiger partial charge < -0.3 is 10.4 Å². The molecule has 102 valence electrons. The highest BCUT2D eigenvalue weighted by Crippen LogP contribution is 2.09. The molecule has 0 aliphatic rings. The molecule has 1 heterocycles. The van der Waals surface area contributed by atoms with Crippen LogP contribution >= 0.6 is 0 Å². The van der Waals surface area contributed by atoms with Crippen molar-refractivity contribution in [3.05, 3.63) is 65.2 Å². The fraction of sp³-hybridized carbons (Fsp3) is 0.0667. The van der Waals surface area contributed by atoms with Gasteiger partial charge in [-0.2, -0.15) is 4.39 Å². The Labute approximate surface area is 115 Å². The van der Waals surface area contributed by atoms with Gasteiger partial charge in [0.15, 0.2) is 0 Å². The van der Waals surface area contributed by atoms with Crippen LogP contribution in [0.3, 0.4) is 0 Å². The molecule has 1 aromatic heterocycles. The number of benzene rings is 1. The summed E-state index contributed by atoms with van der Waals surface area (Å²) in [5.74, 6) is -0.502. The van der Waals surface area contributed by atoms with Crippen LogP contribution in [0.4, 0.5) is 9.18 Å². The zero-order valence-electron chi connectivity index (χ0n) is 10.6. The molecular formula is C15H13FN2O2. The van der Waals surface area contributed by atoms with Gasteiger partial charge in [-0.25, -0.2) is 9.78 Å². The van der Waals surface area contributed by atoms with E-state index in [0.717, 1.165) is 16.7 Å². The first-order chi connectivity index (χ1) is 9.63. The Kier molecular flexibility index (Phi) is 4.44. The molecule has 0 aliphatic carbocycles. The molecule has 0 bridgehead atoms. The van der Waals surface area contributed by atoms with Gasteiger partial charge in [0.1, 0.15) is 0 Å². The van der Waals surface area contributed by atoms with Crippen LogP contribution in [0.25, 0.3) is 12.2 Å². The van der Waals surface area contributed by atoms with E-state index in [1.54, 1.807) is 6.07 Å². The summed E-state index contributed by atoms with van der Waals surface area (Å²) in [5, 5.41) is 10.8. The van der Waals surface area contributed by atoms with Crippen LogP contribution in [-0.4, -0.2) is 16.2 Å². The number of carbonyl (C=O) groups is 1. The molecule has 0 saturated carbocycles. The average molecular weight is 272 g/mol. The van der Waals surface area contributed by atoms with Gasteiger partial charge in [-0.1, -0.05) is 36.4 Å². The topological polar surface area (TPSA) is 62.2 Å². The molecule has 0 aliphatic heterocycles. The summed E-state index contributed by atoms with van der Waals surface area (Å²) < 4.78 is 12.6. The Balaban J connectivity index is 1.99. The number of halogens is 1. The minimum absolute atomic E-state index is 0.279. The summed E-state index contributed by atoms with van der Waals surface area (Å²) in [6.07, 6.45) is 4.12. The van der Waals surface area contributed by atoms with Crippen LogP contribution in [0, 0.1) is 5.95 Å². The van der Waals surface area contributed by atoms with Crippen molar-refractivity contribution >= 4 is 18.2 Å². The van der Waals surface area contributed by atoms with Gasteiger partial charge in [0.25, 0.3) is 0 Å². The quantitative estimate of drug-likeness (QED) is 0.840. The molecule has 2 N–H and O–H groups in total. The van der Waals surface area contributed by atoms with Crippen molar-refractivity contribution in [2.24, 2.45) is 0 Å². The number of carboxylic acid groups (broad SMARTS) is 1. The van der Waals surface area contributed by atoms with Crippen LogP contribution in [0.2, 0.25) is 0 Å². The zero-order valence-corrected chi connectivity index (χ0v) is 10.6. The number of hydrogen-bond donors (Lipinski definition) is 2. The van der Waals surface area contributed by atoms with Crippen molar-refractivity contribution in [1.82, 2.24) is 10.3 Å². The molecule has 0 unspecified atom stereocenters. The molecular weight excluding hydrogens is 259 g/mol. The maximum absolute atomic E-state index is 12.6. The Bertz CT molecular complexity index is 607. The summed E-state index contributed by atoms with van der Waals surface area (Å²) >= 11 is 0. The Hall–Kier alpha value is -2.69. The molecule has 0 fully saturated rings. The van der Waals surface area contributed by atoms with E-state index < -0.39 is 12.0 Å². The molecule has 1 aromatic carbocycles. The molecule has 0 saturated heterocycles. The van der Waals surface area contributed by atoms with Gasteiger partial charge in [-0.05, 0) is 28.8 Å². The standard InChI is InChI=1S/C15H13FN2O2/c16-14-8-7-13(9-17-14)6-3-11-1-4-12(5-2-11)10-18-15(19)20/h1-9,18H,10H2,(H,19,20). The van der Waals surface area contributed by atoms with Crippen molar-refractivity contribution < 1.29 is 14.3 Å². The summed E-state index contributed by atoms with van der Waals surface area (Å²) in [6, 6.07) is 10.4. The third-order valence-electron chi connectivity index (χ3n) is 2.64. The van der Waals surface area contributed by atoms with Crippen molar-refractivity contribution in [2.75, 3.05) is 0 Å². The number of aromatic nitrogens is 1. The SMILES string of the molecule is O=C(O)NCc1ccc(C=Cc2ccc(F)nc2)cc1. The maximum atomic E-state index is 12.6. The smallest absolute Gasteiger partial charge is 0.404 e. The summed E-state index contributed by atoms with van der Waals surface area (Å²) in [7, 11) is 0. The van der Waals surface area contributed by atoms with E-state index in [-0.39, 0.29) is 6.54 Å². The molecule has 2 rings (SSSR count). The van der Waals surface area contributed by atoms with E-state index in [1.165, 1.54) is 12.3 Å². The Morgan fingerprint density at radius 3 is 2.40 bits per heavy atom. The monoisotopic (exact) mass is 272 g/mol. The van der Waals surface area contributed by atoms with Crippen molar-refractivity contribution in [2.45, 2.75) is 6.54 Å². The van der Waals surface area contributed by atoms with E-state index >= 15 is 0 Å². The Morgan fingerprint density at radius 1 is 1.15 bits per heavy atom. The summed E-state index contributed by atoms with van der Waals surface area (Å²) in [6.45, 7) is 0.279. The van der Waals surface area contributed by atoms with Crippen LogP contribution in [0.15, 0.2) is 42.6 Å². The number of amides is 1. The first kappa shape index (κ1) is 13.7. The van der Waals surface area contributed by atoms with E-state index in [2.05, 4.69) is 10.3 Å². The normalized spacial score (nSPS) is 10.7. The second-order valence-corrected chi connectivity index (χ2v) is 4.15. The fourth-order valence-corrected chi connectivity index (χ4v) is 1.60. The van der Waals surface area contributed by atoms with Crippen molar-refractivity contribution in [3.63, 3.8) is 0 Å². The highest BCUT2D eigenvalue weighted by Gasteiger charge is 1.96. The second-order valence-electron chi connectivity index (χ2n) is 4.15. The highest BCUT2D eigenvalue weighted by atomic mass is 19.1. The summed E-state index contributed by atoms with van der Waals surface area (Å²) in [5.41, 5.74) is 2.66. The third kappa shape index (κ3) is 4.20.